The van der Waals surface area contributed by atoms with Gasteiger partial charge in [0.2, 0.25) is 5.13 Å². The number of benzene rings is 2. The van der Waals surface area contributed by atoms with Crippen LogP contribution in [0.3, 0.4) is 0 Å². The van der Waals surface area contributed by atoms with Crippen LogP contribution in [-0.4, -0.2) is 18.3 Å². The number of hydrogen-bond donors (Lipinski definition) is 1. The summed E-state index contributed by atoms with van der Waals surface area (Å²) in [6, 6.07) is 16.3. The molecule has 4 nitrogen and oxygen atoms in total. The van der Waals surface area contributed by atoms with Crippen LogP contribution in [0.5, 0.6) is 5.75 Å². The van der Waals surface area contributed by atoms with Crippen molar-refractivity contribution < 1.29 is 4.74 Å². The van der Waals surface area contributed by atoms with Crippen molar-refractivity contribution >= 4 is 22.7 Å². The second-order valence-corrected chi connectivity index (χ2v) is 6.82. The Labute approximate surface area is 152 Å². The molecule has 0 saturated carbocycles. The highest BCUT2D eigenvalue weighted by molar-refractivity contribution is 7.14. The van der Waals surface area contributed by atoms with Gasteiger partial charge in [-0.2, -0.15) is 5.10 Å². The predicted octanol–water partition coefficient (Wildman–Crippen LogP) is 5.39. The van der Waals surface area contributed by atoms with E-state index in [1.165, 1.54) is 16.9 Å². The van der Waals surface area contributed by atoms with Gasteiger partial charge < -0.3 is 4.74 Å². The van der Waals surface area contributed by atoms with Crippen molar-refractivity contribution in [3.05, 3.63) is 65.0 Å². The van der Waals surface area contributed by atoms with Gasteiger partial charge in [0.05, 0.1) is 19.0 Å². The molecule has 0 saturated heterocycles. The molecule has 1 aromatic heterocycles. The number of rotatable bonds is 6. The van der Waals surface area contributed by atoms with Gasteiger partial charge in [-0.3, -0.25) is 5.43 Å². The Bertz CT molecular complexity index is 853. The summed E-state index contributed by atoms with van der Waals surface area (Å²) < 4.78 is 5.26. The molecule has 0 atom stereocenters. The lowest BCUT2D eigenvalue weighted by atomic mass is 10.0. The molecule has 3 aromatic rings. The fourth-order valence-corrected chi connectivity index (χ4v) is 3.04. The number of hydrogen-bond acceptors (Lipinski definition) is 5. The van der Waals surface area contributed by atoms with Crippen LogP contribution in [0.15, 0.2) is 59.0 Å². The molecule has 2 aromatic carbocycles. The number of nitrogens with zero attached hydrogens (tertiary/aromatic N) is 2. The first kappa shape index (κ1) is 17.2. The van der Waals surface area contributed by atoms with E-state index in [0.717, 1.165) is 27.7 Å². The minimum Gasteiger partial charge on any atom is -0.497 e. The maximum Gasteiger partial charge on any atom is 0.203 e. The van der Waals surface area contributed by atoms with E-state index in [2.05, 4.69) is 53.6 Å². The summed E-state index contributed by atoms with van der Waals surface area (Å²) >= 11 is 1.52. The number of nitrogens with one attached hydrogen (secondary N) is 1. The first-order valence-corrected chi connectivity index (χ1v) is 9.02. The molecular formula is C20H21N3OS. The molecule has 0 spiro atoms. The van der Waals surface area contributed by atoms with E-state index < -0.39 is 0 Å². The summed E-state index contributed by atoms with van der Waals surface area (Å²) in [4.78, 5) is 4.56. The molecule has 0 amide bonds. The summed E-state index contributed by atoms with van der Waals surface area (Å²) in [6.07, 6.45) is 1.80. The smallest absolute Gasteiger partial charge is 0.203 e. The Morgan fingerprint density at radius 2 is 1.96 bits per heavy atom. The average Bonchev–Trinajstić information content (AvgIpc) is 3.11. The summed E-state index contributed by atoms with van der Waals surface area (Å²) in [7, 11) is 1.66. The number of thiazole rings is 1. The SMILES string of the molecule is COc1cccc(-c2csc(N/N=C\c3ccc(C(C)C)cc3)n2)c1. The lowest BCUT2D eigenvalue weighted by molar-refractivity contribution is 0.415. The molecule has 1 N–H and O–H groups in total. The zero-order valence-corrected chi connectivity index (χ0v) is 15.4. The average molecular weight is 351 g/mol. The molecule has 1 heterocycles. The van der Waals surface area contributed by atoms with Crippen LogP contribution >= 0.6 is 11.3 Å². The van der Waals surface area contributed by atoms with Crippen molar-refractivity contribution in [1.29, 1.82) is 0 Å². The predicted molar refractivity (Wildman–Crippen MR) is 106 cm³/mol. The first-order chi connectivity index (χ1) is 12.2. The number of ether oxygens (including phenoxy) is 1. The second-order valence-electron chi connectivity index (χ2n) is 5.96. The standard InChI is InChI=1S/C20H21N3OS/c1-14(2)16-9-7-15(8-10-16)12-21-23-20-22-19(13-25-20)17-5-4-6-18(11-17)24-3/h4-14H,1-3H3,(H,22,23)/b21-12-. The minimum atomic E-state index is 0.537. The summed E-state index contributed by atoms with van der Waals surface area (Å²) in [5, 5.41) is 7.04. The normalized spacial score (nSPS) is 11.2. The number of anilines is 1. The molecule has 128 valence electrons. The van der Waals surface area contributed by atoms with Crippen LogP contribution in [-0.2, 0) is 0 Å². The summed E-state index contributed by atoms with van der Waals surface area (Å²) in [6.45, 7) is 4.38. The van der Waals surface area contributed by atoms with Crippen LogP contribution in [0.1, 0.15) is 30.9 Å². The van der Waals surface area contributed by atoms with Crippen molar-refractivity contribution in [3.63, 3.8) is 0 Å². The van der Waals surface area contributed by atoms with E-state index in [0.29, 0.717) is 5.92 Å². The topological polar surface area (TPSA) is 46.5 Å². The van der Waals surface area contributed by atoms with Gasteiger partial charge in [0.1, 0.15) is 5.75 Å². The van der Waals surface area contributed by atoms with E-state index in [-0.39, 0.29) is 0 Å². The van der Waals surface area contributed by atoms with Crippen LogP contribution in [0.4, 0.5) is 5.13 Å². The maximum atomic E-state index is 5.26. The van der Waals surface area contributed by atoms with E-state index in [9.17, 15) is 0 Å². The monoisotopic (exact) mass is 351 g/mol. The van der Waals surface area contributed by atoms with E-state index in [1.54, 1.807) is 13.3 Å². The lowest BCUT2D eigenvalue weighted by Crippen LogP contribution is -1.92. The molecule has 3 rings (SSSR count). The molecule has 0 fully saturated rings. The van der Waals surface area contributed by atoms with Crippen molar-refractivity contribution in [2.45, 2.75) is 19.8 Å². The Kier molecular flexibility index (Phi) is 5.46. The molecule has 0 bridgehead atoms. The molecule has 0 aliphatic heterocycles. The van der Waals surface area contributed by atoms with Gasteiger partial charge in [-0.1, -0.05) is 50.2 Å². The third-order valence-corrected chi connectivity index (χ3v) is 4.59. The third kappa shape index (κ3) is 4.45. The van der Waals surface area contributed by atoms with Crippen molar-refractivity contribution in [2.75, 3.05) is 12.5 Å². The zero-order chi connectivity index (χ0) is 17.6. The van der Waals surface area contributed by atoms with Gasteiger partial charge in [0, 0.05) is 10.9 Å². The summed E-state index contributed by atoms with van der Waals surface area (Å²) in [5.41, 5.74) is 7.31. The van der Waals surface area contributed by atoms with E-state index in [4.69, 9.17) is 4.74 Å². The Morgan fingerprint density at radius 3 is 2.68 bits per heavy atom. The highest BCUT2D eigenvalue weighted by Crippen LogP contribution is 2.27. The van der Waals surface area contributed by atoms with Gasteiger partial charge >= 0.3 is 0 Å². The molecule has 5 heteroatoms. The number of aromatic nitrogens is 1. The summed E-state index contributed by atoms with van der Waals surface area (Å²) in [5.74, 6) is 1.36. The Hall–Kier alpha value is -2.66. The maximum absolute atomic E-state index is 5.26. The molecule has 0 aliphatic rings. The molecular weight excluding hydrogens is 330 g/mol. The Morgan fingerprint density at radius 1 is 1.16 bits per heavy atom. The second kappa shape index (κ2) is 7.94. The van der Waals surface area contributed by atoms with Crippen LogP contribution in [0.2, 0.25) is 0 Å². The Balaban J connectivity index is 1.65. The quantitative estimate of drug-likeness (QED) is 0.478. The number of hydrazone groups is 1. The molecule has 0 aliphatic carbocycles. The highest BCUT2D eigenvalue weighted by atomic mass is 32.1. The van der Waals surface area contributed by atoms with E-state index >= 15 is 0 Å². The van der Waals surface area contributed by atoms with Crippen molar-refractivity contribution in [1.82, 2.24) is 4.98 Å². The molecule has 0 unspecified atom stereocenters. The van der Waals surface area contributed by atoms with Crippen molar-refractivity contribution in [3.8, 4) is 17.0 Å². The van der Waals surface area contributed by atoms with E-state index in [1.807, 2.05) is 29.6 Å². The highest BCUT2D eigenvalue weighted by Gasteiger charge is 2.05. The van der Waals surface area contributed by atoms with Gasteiger partial charge in [-0.05, 0) is 29.2 Å². The lowest BCUT2D eigenvalue weighted by Gasteiger charge is -2.04. The van der Waals surface area contributed by atoms with Gasteiger partial charge in [0.25, 0.3) is 0 Å². The van der Waals surface area contributed by atoms with Crippen LogP contribution in [0, 0.1) is 0 Å². The molecule has 25 heavy (non-hydrogen) atoms. The zero-order valence-electron chi connectivity index (χ0n) is 14.6. The molecule has 0 radical (unpaired) electrons. The number of methoxy groups -OCH3 is 1. The first-order valence-electron chi connectivity index (χ1n) is 8.14. The van der Waals surface area contributed by atoms with Gasteiger partial charge in [-0.25, -0.2) is 4.98 Å². The van der Waals surface area contributed by atoms with Crippen molar-refractivity contribution in [2.24, 2.45) is 5.10 Å². The largest absolute Gasteiger partial charge is 0.497 e. The van der Waals surface area contributed by atoms with Gasteiger partial charge in [-0.15, -0.1) is 11.3 Å². The minimum absolute atomic E-state index is 0.537. The van der Waals surface area contributed by atoms with Crippen LogP contribution < -0.4 is 10.2 Å². The fraction of sp³-hybridized carbons (Fsp3) is 0.200. The fourth-order valence-electron chi connectivity index (χ4n) is 2.37. The van der Waals surface area contributed by atoms with Gasteiger partial charge in [0.15, 0.2) is 0 Å². The third-order valence-electron chi connectivity index (χ3n) is 3.85. The van der Waals surface area contributed by atoms with Crippen LogP contribution in [0.25, 0.3) is 11.3 Å².